The van der Waals surface area contributed by atoms with E-state index < -0.39 is 0 Å². The Hall–Kier alpha value is -0.120. The first-order chi connectivity index (χ1) is 8.17. The van der Waals surface area contributed by atoms with Crippen molar-refractivity contribution in [3.8, 4) is 0 Å². The summed E-state index contributed by atoms with van der Waals surface area (Å²) in [5, 5.41) is 3.78. The fourth-order valence-corrected chi connectivity index (χ4v) is 2.40. The number of nitrogens with zero attached hydrogens (tertiary/aromatic N) is 1. The summed E-state index contributed by atoms with van der Waals surface area (Å²) in [5.74, 6) is 0.644. The molecule has 0 aromatic rings. The first kappa shape index (κ1) is 14.9. The van der Waals surface area contributed by atoms with Gasteiger partial charge in [-0.2, -0.15) is 0 Å². The van der Waals surface area contributed by atoms with Gasteiger partial charge in [-0.05, 0) is 45.3 Å². The molecule has 1 atom stereocenters. The third-order valence-corrected chi connectivity index (χ3v) is 3.79. The van der Waals surface area contributed by atoms with Crippen LogP contribution in [0.4, 0.5) is 0 Å². The lowest BCUT2D eigenvalue weighted by molar-refractivity contribution is 0.0953. The summed E-state index contributed by atoms with van der Waals surface area (Å²) in [7, 11) is 0. The Balaban J connectivity index is 2.30. The first-order valence-corrected chi connectivity index (χ1v) is 7.23. The van der Waals surface area contributed by atoms with Crippen LogP contribution in [-0.2, 0) is 4.74 Å². The van der Waals surface area contributed by atoms with Gasteiger partial charge in [-0.15, -0.1) is 0 Å². The van der Waals surface area contributed by atoms with Crippen molar-refractivity contribution in [2.24, 2.45) is 5.92 Å². The van der Waals surface area contributed by atoms with E-state index in [0.717, 1.165) is 13.2 Å². The average molecular weight is 242 g/mol. The zero-order valence-electron chi connectivity index (χ0n) is 12.0. The van der Waals surface area contributed by atoms with E-state index in [2.05, 4.69) is 37.9 Å². The summed E-state index contributed by atoms with van der Waals surface area (Å²) in [6.45, 7) is 14.2. The molecule has 17 heavy (non-hydrogen) atoms. The Labute approximate surface area is 107 Å². The summed E-state index contributed by atoms with van der Waals surface area (Å²) in [4.78, 5) is 2.53. The minimum absolute atomic E-state index is 0.508. The molecule has 1 unspecified atom stereocenters. The zero-order chi connectivity index (χ0) is 12.7. The smallest absolute Gasteiger partial charge is 0.0622 e. The van der Waals surface area contributed by atoms with Crippen molar-refractivity contribution in [1.29, 1.82) is 0 Å². The lowest BCUT2D eigenvalue weighted by Gasteiger charge is -2.35. The Bertz CT molecular complexity index is 189. The van der Waals surface area contributed by atoms with Crippen molar-refractivity contribution in [3.05, 3.63) is 0 Å². The maximum Gasteiger partial charge on any atom is 0.0622 e. The van der Waals surface area contributed by atoms with E-state index in [1.54, 1.807) is 0 Å². The van der Waals surface area contributed by atoms with Crippen LogP contribution in [-0.4, -0.2) is 49.8 Å². The van der Waals surface area contributed by atoms with Crippen LogP contribution in [0.15, 0.2) is 0 Å². The molecule has 1 rings (SSSR count). The number of likely N-dealkylation sites (tertiary alicyclic amines) is 1. The minimum Gasteiger partial charge on any atom is -0.380 e. The van der Waals surface area contributed by atoms with E-state index in [0.29, 0.717) is 18.0 Å². The summed E-state index contributed by atoms with van der Waals surface area (Å²) >= 11 is 0. The van der Waals surface area contributed by atoms with Crippen molar-refractivity contribution >= 4 is 0 Å². The molecule has 1 N–H and O–H groups in total. The second-order valence-corrected chi connectivity index (χ2v) is 5.39. The molecule has 1 aliphatic heterocycles. The van der Waals surface area contributed by atoms with Gasteiger partial charge in [-0.3, -0.25) is 0 Å². The third-order valence-electron chi connectivity index (χ3n) is 3.79. The number of hydrogen-bond donors (Lipinski definition) is 1. The van der Waals surface area contributed by atoms with Gasteiger partial charge in [-0.25, -0.2) is 0 Å². The van der Waals surface area contributed by atoms with Crippen LogP contribution >= 0.6 is 0 Å². The van der Waals surface area contributed by atoms with Crippen molar-refractivity contribution in [2.75, 3.05) is 32.8 Å². The highest BCUT2D eigenvalue weighted by Gasteiger charge is 2.22. The lowest BCUT2D eigenvalue weighted by Crippen LogP contribution is -2.49. The molecule has 1 heterocycles. The second-order valence-electron chi connectivity index (χ2n) is 5.39. The topological polar surface area (TPSA) is 24.5 Å². The third kappa shape index (κ3) is 5.36. The molecule has 0 radical (unpaired) electrons. The fourth-order valence-electron chi connectivity index (χ4n) is 2.40. The summed E-state index contributed by atoms with van der Waals surface area (Å²) in [5.41, 5.74) is 0. The Morgan fingerprint density at radius 2 is 1.88 bits per heavy atom. The number of ether oxygens (including phenoxy) is 1. The Morgan fingerprint density at radius 1 is 1.24 bits per heavy atom. The average Bonchev–Trinajstić information content (AvgIpc) is 2.35. The van der Waals surface area contributed by atoms with Gasteiger partial charge in [0.15, 0.2) is 0 Å². The molecule has 0 saturated carbocycles. The fraction of sp³-hybridized carbons (Fsp3) is 1.00. The van der Waals surface area contributed by atoms with Crippen LogP contribution in [0, 0.1) is 5.92 Å². The highest BCUT2D eigenvalue weighted by molar-refractivity contribution is 4.81. The van der Waals surface area contributed by atoms with Gasteiger partial charge in [0.05, 0.1) is 6.61 Å². The molecular formula is C14H30N2O. The van der Waals surface area contributed by atoms with E-state index in [1.165, 1.54) is 32.5 Å². The normalized spacial score (nSPS) is 21.0. The number of nitrogens with one attached hydrogen (secondary N) is 1. The van der Waals surface area contributed by atoms with Crippen molar-refractivity contribution in [1.82, 2.24) is 10.2 Å². The Morgan fingerprint density at radius 3 is 2.35 bits per heavy atom. The van der Waals surface area contributed by atoms with Crippen LogP contribution in [0.2, 0.25) is 0 Å². The van der Waals surface area contributed by atoms with Gasteiger partial charge < -0.3 is 15.0 Å². The number of rotatable bonds is 7. The molecule has 0 aliphatic carbocycles. The van der Waals surface area contributed by atoms with Crippen LogP contribution < -0.4 is 5.32 Å². The molecule has 3 heteroatoms. The lowest BCUT2D eigenvalue weighted by atomic mass is 9.99. The highest BCUT2D eigenvalue weighted by atomic mass is 16.5. The summed E-state index contributed by atoms with van der Waals surface area (Å²) in [6.07, 6.45) is 2.56. The van der Waals surface area contributed by atoms with Gasteiger partial charge in [-0.1, -0.05) is 20.8 Å². The molecule has 0 bridgehead atoms. The molecule has 0 amide bonds. The zero-order valence-corrected chi connectivity index (χ0v) is 12.0. The van der Waals surface area contributed by atoms with Crippen LogP contribution in [0.5, 0.6) is 0 Å². The van der Waals surface area contributed by atoms with Crippen LogP contribution in [0.3, 0.4) is 0 Å². The SMILES string of the molecule is CCOCC(NC1CCN(CC)CC1)C(C)C. The molecule has 0 aromatic carbocycles. The van der Waals surface area contributed by atoms with E-state index in [-0.39, 0.29) is 0 Å². The predicted molar refractivity (Wildman–Crippen MR) is 73.4 cm³/mol. The molecule has 1 aliphatic rings. The van der Waals surface area contributed by atoms with E-state index >= 15 is 0 Å². The molecule has 102 valence electrons. The van der Waals surface area contributed by atoms with Crippen LogP contribution in [0.25, 0.3) is 0 Å². The minimum atomic E-state index is 0.508. The molecule has 1 fully saturated rings. The largest absolute Gasteiger partial charge is 0.380 e. The molecule has 3 nitrogen and oxygen atoms in total. The highest BCUT2D eigenvalue weighted by Crippen LogP contribution is 2.13. The van der Waals surface area contributed by atoms with Gasteiger partial charge in [0.2, 0.25) is 0 Å². The van der Waals surface area contributed by atoms with Gasteiger partial charge >= 0.3 is 0 Å². The van der Waals surface area contributed by atoms with Gasteiger partial charge in [0.1, 0.15) is 0 Å². The quantitative estimate of drug-likeness (QED) is 0.740. The van der Waals surface area contributed by atoms with E-state index in [9.17, 15) is 0 Å². The molecule has 0 spiro atoms. The van der Waals surface area contributed by atoms with Crippen molar-refractivity contribution < 1.29 is 4.74 Å². The molecule has 0 aromatic heterocycles. The molecule has 1 saturated heterocycles. The summed E-state index contributed by atoms with van der Waals surface area (Å²) < 4.78 is 5.57. The number of hydrogen-bond acceptors (Lipinski definition) is 3. The molecular weight excluding hydrogens is 212 g/mol. The van der Waals surface area contributed by atoms with E-state index in [1.807, 2.05) is 0 Å². The van der Waals surface area contributed by atoms with Gasteiger partial charge in [0.25, 0.3) is 0 Å². The standard InChI is InChI=1S/C14H30N2O/c1-5-16-9-7-13(8-10-16)15-14(12(3)4)11-17-6-2/h12-15H,5-11H2,1-4H3. The van der Waals surface area contributed by atoms with Crippen molar-refractivity contribution in [2.45, 2.75) is 52.6 Å². The summed E-state index contributed by atoms with van der Waals surface area (Å²) in [6, 6.07) is 1.19. The van der Waals surface area contributed by atoms with Crippen molar-refractivity contribution in [3.63, 3.8) is 0 Å². The Kier molecular flexibility index (Phi) is 7.09. The maximum atomic E-state index is 5.57. The van der Waals surface area contributed by atoms with E-state index in [4.69, 9.17) is 4.74 Å². The first-order valence-electron chi connectivity index (χ1n) is 7.23. The second kappa shape index (κ2) is 8.06. The number of piperidine rings is 1. The maximum absolute atomic E-state index is 5.57. The predicted octanol–water partition coefficient (Wildman–Crippen LogP) is 2.12. The van der Waals surface area contributed by atoms with Gasteiger partial charge in [0, 0.05) is 18.7 Å². The van der Waals surface area contributed by atoms with Crippen LogP contribution in [0.1, 0.15) is 40.5 Å². The monoisotopic (exact) mass is 242 g/mol.